The van der Waals surface area contributed by atoms with Gasteiger partial charge in [-0.1, -0.05) is 0 Å². The van der Waals surface area contributed by atoms with Crippen molar-refractivity contribution in [2.75, 3.05) is 25.6 Å². The molecule has 1 aliphatic rings. The van der Waals surface area contributed by atoms with Gasteiger partial charge in [0.1, 0.15) is 0 Å². The normalized spacial score (nSPS) is 24.0. The Hall–Kier alpha value is -0.590. The van der Waals surface area contributed by atoms with Gasteiger partial charge in [0.2, 0.25) is 0 Å². The van der Waals surface area contributed by atoms with Crippen molar-refractivity contribution in [2.45, 2.75) is 50.7 Å². The number of nitrogens with one attached hydrogen (secondary N) is 2. The first-order valence-corrected chi connectivity index (χ1v) is 8.89. The van der Waals surface area contributed by atoms with E-state index < -0.39 is 12.1 Å². The predicted molar refractivity (Wildman–Crippen MR) is 83.9 cm³/mol. The molecule has 2 N–H and O–H groups in total. The highest BCUT2D eigenvalue weighted by Crippen LogP contribution is 2.37. The highest BCUT2D eigenvalue weighted by atomic mass is 32.2. The SMILES string of the molecule is CN=C(NCCCCSC)NC1CCC(C(F)(F)F)CC1. The van der Waals surface area contributed by atoms with Crippen molar-refractivity contribution < 1.29 is 13.2 Å². The Kier molecular flexibility index (Phi) is 8.29. The Morgan fingerprint density at radius 3 is 2.38 bits per heavy atom. The molecule has 0 bridgehead atoms. The van der Waals surface area contributed by atoms with E-state index >= 15 is 0 Å². The van der Waals surface area contributed by atoms with Crippen molar-refractivity contribution in [2.24, 2.45) is 10.9 Å². The minimum absolute atomic E-state index is 0.0981. The first kappa shape index (κ1) is 18.5. The standard InChI is InChI=1S/C14H26F3N3S/c1-18-13(19-9-3-4-10-21-2)20-12-7-5-11(6-8-12)14(15,16)17/h11-12H,3-10H2,1-2H3,(H2,18,19,20). The fourth-order valence-corrected chi connectivity index (χ4v) is 3.02. The molecule has 0 radical (unpaired) electrons. The van der Waals surface area contributed by atoms with Crippen LogP contribution in [0.25, 0.3) is 0 Å². The highest BCUT2D eigenvalue weighted by molar-refractivity contribution is 7.98. The van der Waals surface area contributed by atoms with Crippen LogP contribution in [0, 0.1) is 5.92 Å². The second-order valence-corrected chi connectivity index (χ2v) is 6.42. The fourth-order valence-electron chi connectivity index (χ4n) is 2.53. The smallest absolute Gasteiger partial charge is 0.356 e. The van der Waals surface area contributed by atoms with E-state index in [1.807, 2.05) is 11.8 Å². The fraction of sp³-hybridized carbons (Fsp3) is 0.929. The summed E-state index contributed by atoms with van der Waals surface area (Å²) in [4.78, 5) is 4.13. The summed E-state index contributed by atoms with van der Waals surface area (Å²) in [5, 5.41) is 6.46. The topological polar surface area (TPSA) is 36.4 Å². The monoisotopic (exact) mass is 325 g/mol. The molecule has 0 aromatic rings. The van der Waals surface area contributed by atoms with Gasteiger partial charge in [0.05, 0.1) is 5.92 Å². The zero-order valence-corrected chi connectivity index (χ0v) is 13.6. The lowest BCUT2D eigenvalue weighted by Gasteiger charge is -2.31. The maximum Gasteiger partial charge on any atom is 0.391 e. The van der Waals surface area contributed by atoms with Gasteiger partial charge in [-0.05, 0) is 50.5 Å². The van der Waals surface area contributed by atoms with E-state index in [-0.39, 0.29) is 18.9 Å². The van der Waals surface area contributed by atoms with Crippen LogP contribution < -0.4 is 10.6 Å². The number of aliphatic imine (C=N–C) groups is 1. The molecule has 7 heteroatoms. The Morgan fingerprint density at radius 1 is 1.19 bits per heavy atom. The van der Waals surface area contributed by atoms with Crippen molar-refractivity contribution in [3.63, 3.8) is 0 Å². The number of unbranched alkanes of at least 4 members (excludes halogenated alkanes) is 1. The Bertz CT molecular complexity index is 313. The van der Waals surface area contributed by atoms with Crippen LogP contribution in [0.5, 0.6) is 0 Å². The first-order chi connectivity index (χ1) is 9.97. The molecule has 1 fully saturated rings. The van der Waals surface area contributed by atoms with E-state index in [1.54, 1.807) is 7.05 Å². The van der Waals surface area contributed by atoms with E-state index in [0.29, 0.717) is 18.8 Å². The molecule has 3 nitrogen and oxygen atoms in total. The van der Waals surface area contributed by atoms with Crippen LogP contribution in [-0.4, -0.2) is 43.8 Å². The van der Waals surface area contributed by atoms with Crippen LogP contribution in [0.1, 0.15) is 38.5 Å². The number of rotatable bonds is 6. The zero-order valence-electron chi connectivity index (χ0n) is 12.8. The van der Waals surface area contributed by atoms with Gasteiger partial charge in [-0.25, -0.2) is 0 Å². The van der Waals surface area contributed by atoms with Crippen LogP contribution in [0.15, 0.2) is 4.99 Å². The molecule has 0 atom stereocenters. The molecule has 0 aromatic heterocycles. The lowest BCUT2D eigenvalue weighted by molar-refractivity contribution is -0.182. The van der Waals surface area contributed by atoms with E-state index in [0.717, 1.165) is 25.1 Å². The average Bonchev–Trinajstić information content (AvgIpc) is 2.45. The van der Waals surface area contributed by atoms with E-state index in [4.69, 9.17) is 0 Å². The molecule has 1 saturated carbocycles. The number of nitrogens with zero attached hydrogens (tertiary/aromatic N) is 1. The molecule has 1 aliphatic carbocycles. The van der Waals surface area contributed by atoms with Crippen molar-refractivity contribution in [3.05, 3.63) is 0 Å². The maximum absolute atomic E-state index is 12.6. The minimum Gasteiger partial charge on any atom is -0.356 e. The Morgan fingerprint density at radius 2 is 1.86 bits per heavy atom. The molecule has 1 rings (SSSR count). The lowest BCUT2D eigenvalue weighted by atomic mass is 9.85. The summed E-state index contributed by atoms with van der Waals surface area (Å²) in [6, 6.07) is 0.0981. The number of hydrogen-bond donors (Lipinski definition) is 2. The molecule has 0 unspecified atom stereocenters. The molecule has 0 spiro atoms. The molecule has 0 saturated heterocycles. The van der Waals surface area contributed by atoms with Gasteiger partial charge in [-0.3, -0.25) is 4.99 Å². The third-order valence-electron chi connectivity index (χ3n) is 3.82. The third-order valence-corrected chi connectivity index (χ3v) is 4.52. The van der Waals surface area contributed by atoms with Crippen LogP contribution in [0.4, 0.5) is 13.2 Å². The summed E-state index contributed by atoms with van der Waals surface area (Å²) in [5.41, 5.74) is 0. The second kappa shape index (κ2) is 9.43. The van der Waals surface area contributed by atoms with Gasteiger partial charge in [0.15, 0.2) is 5.96 Å². The number of guanidine groups is 1. The second-order valence-electron chi connectivity index (χ2n) is 5.43. The van der Waals surface area contributed by atoms with Gasteiger partial charge < -0.3 is 10.6 Å². The predicted octanol–water partition coefficient (Wildman–Crippen LogP) is 3.42. The van der Waals surface area contributed by atoms with Crippen molar-refractivity contribution in [3.8, 4) is 0 Å². The first-order valence-electron chi connectivity index (χ1n) is 7.50. The van der Waals surface area contributed by atoms with Crippen LogP contribution >= 0.6 is 11.8 Å². The molecule has 0 aliphatic heterocycles. The Balaban J connectivity index is 2.23. The van der Waals surface area contributed by atoms with Crippen molar-refractivity contribution in [1.82, 2.24) is 10.6 Å². The van der Waals surface area contributed by atoms with Gasteiger partial charge in [-0.15, -0.1) is 0 Å². The highest BCUT2D eigenvalue weighted by Gasteiger charge is 2.41. The molecule has 0 amide bonds. The van der Waals surface area contributed by atoms with Crippen molar-refractivity contribution in [1.29, 1.82) is 0 Å². The molecule has 0 aromatic carbocycles. The molecule has 0 heterocycles. The summed E-state index contributed by atoms with van der Waals surface area (Å²) in [5.74, 6) is 0.724. The van der Waals surface area contributed by atoms with E-state index in [2.05, 4.69) is 21.9 Å². The molecule has 21 heavy (non-hydrogen) atoms. The zero-order chi connectivity index (χ0) is 15.7. The summed E-state index contributed by atoms with van der Waals surface area (Å²) in [7, 11) is 1.69. The molecule has 124 valence electrons. The van der Waals surface area contributed by atoms with Crippen LogP contribution in [-0.2, 0) is 0 Å². The summed E-state index contributed by atoms with van der Waals surface area (Å²) in [6.07, 6.45) is 1.81. The quantitative estimate of drug-likeness (QED) is 0.446. The van der Waals surface area contributed by atoms with Crippen LogP contribution in [0.3, 0.4) is 0 Å². The Labute approximate surface area is 129 Å². The number of hydrogen-bond acceptors (Lipinski definition) is 2. The lowest BCUT2D eigenvalue weighted by Crippen LogP contribution is -2.46. The largest absolute Gasteiger partial charge is 0.391 e. The van der Waals surface area contributed by atoms with E-state index in [1.165, 1.54) is 0 Å². The summed E-state index contributed by atoms with van der Waals surface area (Å²) >= 11 is 1.83. The van der Waals surface area contributed by atoms with Gasteiger partial charge >= 0.3 is 6.18 Å². The summed E-state index contributed by atoms with van der Waals surface area (Å²) in [6.45, 7) is 0.845. The number of halogens is 3. The summed E-state index contributed by atoms with van der Waals surface area (Å²) < 4.78 is 37.8. The van der Waals surface area contributed by atoms with E-state index in [9.17, 15) is 13.2 Å². The minimum atomic E-state index is -4.04. The average molecular weight is 325 g/mol. The van der Waals surface area contributed by atoms with Gasteiger partial charge in [0.25, 0.3) is 0 Å². The van der Waals surface area contributed by atoms with Crippen LogP contribution in [0.2, 0.25) is 0 Å². The van der Waals surface area contributed by atoms with Gasteiger partial charge in [-0.2, -0.15) is 24.9 Å². The number of thioether (sulfide) groups is 1. The number of alkyl halides is 3. The van der Waals surface area contributed by atoms with Crippen molar-refractivity contribution >= 4 is 17.7 Å². The van der Waals surface area contributed by atoms with Gasteiger partial charge in [0, 0.05) is 19.6 Å². The third kappa shape index (κ3) is 7.29. The molecular formula is C14H26F3N3S. The molecular weight excluding hydrogens is 299 g/mol. The maximum atomic E-state index is 12.6.